The highest BCUT2D eigenvalue weighted by Crippen LogP contribution is 2.38. The lowest BCUT2D eigenvalue weighted by Gasteiger charge is -2.39. The van der Waals surface area contributed by atoms with Crippen molar-refractivity contribution in [3.05, 3.63) is 23.3 Å². The number of ether oxygens (including phenoxy) is 2. The molecule has 2 aliphatic heterocycles. The Bertz CT molecular complexity index is 653. The zero-order valence-electron chi connectivity index (χ0n) is 23.6. The number of hydrogen-bond acceptors (Lipinski definition) is 4. The second kappa shape index (κ2) is 10.8. The maximum Gasteiger partial charge on any atom is 0.192 e. The van der Waals surface area contributed by atoms with Crippen molar-refractivity contribution in [2.24, 2.45) is 0 Å². The zero-order valence-corrected chi connectivity index (χ0v) is 25.6. The molecule has 0 bridgehead atoms. The fourth-order valence-electron chi connectivity index (χ4n) is 3.92. The SMILES string of the molecule is CC1=C[C@H](CO[Si](C)(C)C(C)(C)C)O[C@@H](C[C@@H]2CC(C)=C[C@@H](CO[Si](C)(C)C(C)(C)C)O2)C1. The van der Waals surface area contributed by atoms with Gasteiger partial charge in [-0.05, 0) is 63.0 Å². The molecule has 2 rings (SSSR count). The Balaban J connectivity index is 1.93. The van der Waals surface area contributed by atoms with Crippen molar-refractivity contribution < 1.29 is 18.3 Å². The minimum atomic E-state index is -1.78. The first-order chi connectivity index (χ1) is 14.9. The molecule has 33 heavy (non-hydrogen) atoms. The van der Waals surface area contributed by atoms with E-state index in [2.05, 4.69) is 93.7 Å². The van der Waals surface area contributed by atoms with E-state index in [0.29, 0.717) is 13.2 Å². The Morgan fingerprint density at radius 3 is 1.36 bits per heavy atom. The molecule has 4 nitrogen and oxygen atoms in total. The van der Waals surface area contributed by atoms with Crippen LogP contribution in [-0.2, 0) is 18.3 Å². The van der Waals surface area contributed by atoms with Crippen LogP contribution < -0.4 is 0 Å². The Morgan fingerprint density at radius 1 is 0.727 bits per heavy atom. The van der Waals surface area contributed by atoms with Crippen LogP contribution >= 0.6 is 0 Å². The number of rotatable bonds is 8. The highest BCUT2D eigenvalue weighted by molar-refractivity contribution is 6.74. The molecule has 0 aromatic carbocycles. The maximum atomic E-state index is 6.49. The molecule has 0 aromatic rings. The van der Waals surface area contributed by atoms with E-state index in [4.69, 9.17) is 18.3 Å². The summed E-state index contributed by atoms with van der Waals surface area (Å²) >= 11 is 0. The van der Waals surface area contributed by atoms with Crippen molar-refractivity contribution >= 4 is 16.6 Å². The summed E-state index contributed by atoms with van der Waals surface area (Å²) in [4.78, 5) is 0. The van der Waals surface area contributed by atoms with Gasteiger partial charge in [-0.15, -0.1) is 0 Å². The van der Waals surface area contributed by atoms with Gasteiger partial charge in [0.15, 0.2) is 16.6 Å². The lowest BCUT2D eigenvalue weighted by atomic mass is 9.95. The molecule has 0 radical (unpaired) electrons. The molecule has 0 saturated heterocycles. The average molecular weight is 497 g/mol. The Labute approximate surface area is 206 Å². The summed E-state index contributed by atoms with van der Waals surface area (Å²) in [5.74, 6) is 0. The van der Waals surface area contributed by atoms with Gasteiger partial charge in [0.25, 0.3) is 0 Å². The summed E-state index contributed by atoms with van der Waals surface area (Å²) in [5, 5.41) is 0.419. The standard InChI is InChI=1S/C27H52O4Si2/c1-20-13-22(30-24(15-20)18-28-32(9,10)26(3,4)5)17-23-14-21(2)16-25(31-23)19-29-33(11,12)27(6,7)8/h15-16,22-25H,13-14,17-19H2,1-12H3/t22-,23+,24-,25+. The van der Waals surface area contributed by atoms with Gasteiger partial charge >= 0.3 is 0 Å². The van der Waals surface area contributed by atoms with Gasteiger partial charge in [0.05, 0.1) is 37.6 Å². The van der Waals surface area contributed by atoms with E-state index in [1.54, 1.807) is 0 Å². The zero-order chi connectivity index (χ0) is 25.2. The predicted octanol–water partition coefficient (Wildman–Crippen LogP) is 7.63. The molecule has 2 aliphatic rings. The van der Waals surface area contributed by atoms with E-state index < -0.39 is 16.6 Å². The molecular formula is C27H52O4Si2. The summed E-state index contributed by atoms with van der Waals surface area (Å²) in [6.07, 6.45) is 7.82. The predicted molar refractivity (Wildman–Crippen MR) is 145 cm³/mol. The molecule has 0 spiro atoms. The Kier molecular flexibility index (Phi) is 9.48. The molecule has 0 aromatic heterocycles. The first-order valence-corrected chi connectivity index (χ1v) is 18.6. The van der Waals surface area contributed by atoms with Gasteiger partial charge in [0, 0.05) is 6.42 Å². The van der Waals surface area contributed by atoms with E-state index in [-0.39, 0.29) is 34.5 Å². The molecular weight excluding hydrogens is 444 g/mol. The van der Waals surface area contributed by atoms with Gasteiger partial charge in [-0.3, -0.25) is 0 Å². The fraction of sp³-hybridized carbons (Fsp3) is 0.852. The molecule has 0 unspecified atom stereocenters. The van der Waals surface area contributed by atoms with Crippen LogP contribution in [0.25, 0.3) is 0 Å². The smallest absolute Gasteiger partial charge is 0.192 e. The average Bonchev–Trinajstić information content (AvgIpc) is 2.62. The van der Waals surface area contributed by atoms with Crippen molar-refractivity contribution in [3.63, 3.8) is 0 Å². The maximum absolute atomic E-state index is 6.49. The molecule has 0 aliphatic carbocycles. The van der Waals surface area contributed by atoms with Crippen LogP contribution in [0, 0.1) is 0 Å². The molecule has 2 heterocycles. The van der Waals surface area contributed by atoms with Crippen LogP contribution in [0.4, 0.5) is 0 Å². The summed E-state index contributed by atoms with van der Waals surface area (Å²) in [6, 6.07) is 0. The molecule has 4 atom stereocenters. The lowest BCUT2D eigenvalue weighted by Crippen LogP contribution is -2.44. The van der Waals surface area contributed by atoms with E-state index in [1.807, 2.05) is 0 Å². The van der Waals surface area contributed by atoms with Crippen molar-refractivity contribution in [2.45, 2.75) is 135 Å². The third kappa shape index (κ3) is 8.43. The highest BCUT2D eigenvalue weighted by atomic mass is 28.4. The van der Waals surface area contributed by atoms with Crippen LogP contribution in [0.3, 0.4) is 0 Å². The van der Waals surface area contributed by atoms with Gasteiger partial charge in [0.1, 0.15) is 0 Å². The Hall–Kier alpha value is -0.246. The molecule has 0 saturated carbocycles. The minimum absolute atomic E-state index is 0.0378. The third-order valence-corrected chi connectivity index (χ3v) is 17.1. The van der Waals surface area contributed by atoms with Gasteiger partial charge in [0.2, 0.25) is 0 Å². The van der Waals surface area contributed by atoms with Crippen LogP contribution in [0.15, 0.2) is 23.3 Å². The van der Waals surface area contributed by atoms with E-state index >= 15 is 0 Å². The Morgan fingerprint density at radius 2 is 1.06 bits per heavy atom. The van der Waals surface area contributed by atoms with Crippen molar-refractivity contribution in [3.8, 4) is 0 Å². The molecule has 0 amide bonds. The van der Waals surface area contributed by atoms with Crippen LogP contribution in [0.1, 0.15) is 74.7 Å². The summed E-state index contributed by atoms with van der Waals surface area (Å²) in [6.45, 7) is 28.7. The van der Waals surface area contributed by atoms with Gasteiger partial charge in [-0.1, -0.05) is 64.8 Å². The molecule has 0 fully saturated rings. The van der Waals surface area contributed by atoms with Crippen LogP contribution in [-0.4, -0.2) is 54.3 Å². The fourth-order valence-corrected chi connectivity index (χ4v) is 5.95. The van der Waals surface area contributed by atoms with Crippen LogP contribution in [0.5, 0.6) is 0 Å². The first kappa shape index (κ1) is 29.0. The molecule has 0 N–H and O–H groups in total. The van der Waals surface area contributed by atoms with Crippen molar-refractivity contribution in [2.75, 3.05) is 13.2 Å². The summed E-state index contributed by atoms with van der Waals surface area (Å²) in [7, 11) is -3.57. The quantitative estimate of drug-likeness (QED) is 0.256. The summed E-state index contributed by atoms with van der Waals surface area (Å²) in [5.41, 5.74) is 2.80. The van der Waals surface area contributed by atoms with Crippen molar-refractivity contribution in [1.82, 2.24) is 0 Å². The second-order valence-electron chi connectivity index (χ2n) is 13.4. The topological polar surface area (TPSA) is 36.9 Å². The van der Waals surface area contributed by atoms with E-state index in [1.165, 1.54) is 11.1 Å². The van der Waals surface area contributed by atoms with Gasteiger partial charge in [-0.25, -0.2) is 0 Å². The lowest BCUT2D eigenvalue weighted by molar-refractivity contribution is -0.0755. The molecule has 192 valence electrons. The van der Waals surface area contributed by atoms with Crippen molar-refractivity contribution in [1.29, 1.82) is 0 Å². The van der Waals surface area contributed by atoms with E-state index in [0.717, 1.165) is 19.3 Å². The highest BCUT2D eigenvalue weighted by Gasteiger charge is 2.39. The first-order valence-electron chi connectivity index (χ1n) is 12.8. The second-order valence-corrected chi connectivity index (χ2v) is 23.0. The normalized spacial score (nSPS) is 27.9. The third-order valence-electron chi connectivity index (χ3n) is 8.13. The minimum Gasteiger partial charge on any atom is -0.414 e. The van der Waals surface area contributed by atoms with Crippen LogP contribution in [0.2, 0.25) is 36.3 Å². The van der Waals surface area contributed by atoms with Gasteiger partial charge < -0.3 is 18.3 Å². The monoisotopic (exact) mass is 496 g/mol. The largest absolute Gasteiger partial charge is 0.414 e. The van der Waals surface area contributed by atoms with Gasteiger partial charge in [-0.2, -0.15) is 0 Å². The summed E-state index contributed by atoms with van der Waals surface area (Å²) < 4.78 is 25.9. The van der Waals surface area contributed by atoms with E-state index in [9.17, 15) is 0 Å². The number of hydrogen-bond donors (Lipinski definition) is 0. The molecule has 6 heteroatoms.